The molecule has 0 radical (unpaired) electrons. The molecule has 2 aromatic rings. The Morgan fingerprint density at radius 1 is 1.16 bits per heavy atom. The van der Waals surface area contributed by atoms with Crippen LogP contribution in [0.1, 0.15) is 10.4 Å². The highest BCUT2D eigenvalue weighted by atomic mass is 32.1. The summed E-state index contributed by atoms with van der Waals surface area (Å²) in [4.78, 5) is 4.04. The number of nitrogens with zero attached hydrogens (tertiary/aromatic N) is 1. The van der Waals surface area contributed by atoms with Gasteiger partial charge in [0.25, 0.3) is 0 Å². The Morgan fingerprint density at radius 2 is 2.05 bits per heavy atom. The smallest absolute Gasteiger partial charge is 0.0329 e. The van der Waals surface area contributed by atoms with Crippen molar-refractivity contribution in [3.8, 4) is 0 Å². The maximum Gasteiger partial charge on any atom is 0.0329 e. The lowest BCUT2D eigenvalue weighted by Gasteiger charge is -2.33. The summed E-state index contributed by atoms with van der Waals surface area (Å²) in [7, 11) is 0. The highest BCUT2D eigenvalue weighted by Gasteiger charge is 2.19. The lowest BCUT2D eigenvalue weighted by Crippen LogP contribution is -2.51. The Balaban J connectivity index is 1.56. The van der Waals surface area contributed by atoms with E-state index in [2.05, 4.69) is 58.1 Å². The van der Waals surface area contributed by atoms with Gasteiger partial charge in [0, 0.05) is 37.1 Å². The summed E-state index contributed by atoms with van der Waals surface area (Å²) in [6.45, 7) is 4.50. The Morgan fingerprint density at radius 3 is 2.84 bits per heavy atom. The van der Waals surface area contributed by atoms with Gasteiger partial charge in [-0.2, -0.15) is 0 Å². The fourth-order valence-corrected chi connectivity index (χ4v) is 3.44. The second-order valence-electron chi connectivity index (χ2n) is 5.16. The maximum atomic E-state index is 3.64. The summed E-state index contributed by atoms with van der Waals surface area (Å²) in [5, 5.41) is 5.80. The number of nitrogens with one attached hydrogen (secondary N) is 1. The van der Waals surface area contributed by atoms with Gasteiger partial charge in [-0.25, -0.2) is 0 Å². The second kappa shape index (κ2) is 6.33. The fraction of sp³-hybridized carbons (Fsp3) is 0.375. The highest BCUT2D eigenvalue weighted by molar-refractivity contribution is 7.09. The molecule has 1 aromatic carbocycles. The summed E-state index contributed by atoms with van der Waals surface area (Å²) < 4.78 is 0. The van der Waals surface area contributed by atoms with Crippen LogP contribution in [-0.2, 0) is 13.0 Å². The van der Waals surface area contributed by atoms with Crippen LogP contribution in [-0.4, -0.2) is 30.6 Å². The van der Waals surface area contributed by atoms with Crippen LogP contribution >= 0.6 is 11.3 Å². The molecular weight excluding hydrogens is 252 g/mol. The molecule has 3 rings (SSSR count). The maximum absolute atomic E-state index is 3.64. The van der Waals surface area contributed by atoms with Gasteiger partial charge in [0.05, 0.1) is 0 Å². The normalized spacial score (nSPS) is 20.5. The molecule has 1 unspecified atom stereocenters. The average Bonchev–Trinajstić information content (AvgIpc) is 2.93. The molecule has 0 saturated carbocycles. The summed E-state index contributed by atoms with van der Waals surface area (Å²) in [5.74, 6) is 0. The van der Waals surface area contributed by atoms with Crippen LogP contribution in [0, 0.1) is 0 Å². The van der Waals surface area contributed by atoms with Crippen molar-refractivity contribution in [3.63, 3.8) is 0 Å². The molecule has 1 aromatic heterocycles. The standard InChI is InChI=1S/C16H20N2S/c1-2-5-14(6-3-1)11-15-12-18(9-8-17-15)13-16-7-4-10-19-16/h1-7,10,15,17H,8-9,11-13H2. The molecule has 3 heteroatoms. The van der Waals surface area contributed by atoms with Crippen LogP contribution in [0.4, 0.5) is 0 Å². The predicted molar refractivity (Wildman–Crippen MR) is 81.5 cm³/mol. The third kappa shape index (κ3) is 3.66. The zero-order chi connectivity index (χ0) is 12.9. The number of benzene rings is 1. The monoisotopic (exact) mass is 272 g/mol. The number of thiophene rings is 1. The molecule has 2 heterocycles. The summed E-state index contributed by atoms with van der Waals surface area (Å²) >= 11 is 1.86. The SMILES string of the molecule is c1ccc(CC2CN(Cc3cccs3)CCN2)cc1. The first-order chi connectivity index (χ1) is 9.40. The van der Waals surface area contributed by atoms with Gasteiger partial charge in [-0.05, 0) is 23.4 Å². The van der Waals surface area contributed by atoms with Crippen molar-refractivity contribution < 1.29 is 0 Å². The number of rotatable bonds is 4. The second-order valence-corrected chi connectivity index (χ2v) is 6.19. The van der Waals surface area contributed by atoms with Crippen molar-refractivity contribution in [1.82, 2.24) is 10.2 Å². The van der Waals surface area contributed by atoms with Gasteiger partial charge in [0.1, 0.15) is 0 Å². The van der Waals surface area contributed by atoms with E-state index in [1.54, 1.807) is 0 Å². The van der Waals surface area contributed by atoms with Crippen LogP contribution in [0.5, 0.6) is 0 Å². The van der Waals surface area contributed by atoms with Gasteiger partial charge in [-0.1, -0.05) is 36.4 Å². The zero-order valence-electron chi connectivity index (χ0n) is 11.1. The van der Waals surface area contributed by atoms with E-state index in [1.165, 1.54) is 10.4 Å². The molecule has 1 fully saturated rings. The first-order valence-electron chi connectivity index (χ1n) is 6.92. The summed E-state index contributed by atoms with van der Waals surface area (Å²) in [6, 6.07) is 15.7. The minimum absolute atomic E-state index is 0.580. The van der Waals surface area contributed by atoms with Crippen LogP contribution in [0.2, 0.25) is 0 Å². The van der Waals surface area contributed by atoms with Crippen LogP contribution < -0.4 is 5.32 Å². The van der Waals surface area contributed by atoms with Gasteiger partial charge < -0.3 is 5.32 Å². The first kappa shape index (κ1) is 12.9. The Kier molecular flexibility index (Phi) is 4.28. The lowest BCUT2D eigenvalue weighted by atomic mass is 10.0. The van der Waals surface area contributed by atoms with Gasteiger partial charge in [-0.15, -0.1) is 11.3 Å². The van der Waals surface area contributed by atoms with Gasteiger partial charge >= 0.3 is 0 Å². The van der Waals surface area contributed by atoms with Crippen molar-refractivity contribution >= 4 is 11.3 Å². The van der Waals surface area contributed by atoms with E-state index in [1.807, 2.05) is 11.3 Å². The van der Waals surface area contributed by atoms with Gasteiger partial charge in [-0.3, -0.25) is 4.90 Å². The van der Waals surface area contributed by atoms with Crippen LogP contribution in [0.15, 0.2) is 47.8 Å². The third-order valence-corrected chi connectivity index (χ3v) is 4.49. The molecule has 1 atom stereocenters. The predicted octanol–water partition coefficient (Wildman–Crippen LogP) is 2.76. The molecule has 0 amide bonds. The minimum atomic E-state index is 0.580. The Hall–Kier alpha value is -1.16. The topological polar surface area (TPSA) is 15.3 Å². The molecule has 1 aliphatic rings. The summed E-state index contributed by atoms with van der Waals surface area (Å²) in [5.41, 5.74) is 1.43. The average molecular weight is 272 g/mol. The molecule has 2 nitrogen and oxygen atoms in total. The molecule has 19 heavy (non-hydrogen) atoms. The van der Waals surface area contributed by atoms with Crippen molar-refractivity contribution in [3.05, 3.63) is 58.3 Å². The molecular formula is C16H20N2S. The fourth-order valence-electron chi connectivity index (χ4n) is 2.70. The highest BCUT2D eigenvalue weighted by Crippen LogP contribution is 2.14. The van der Waals surface area contributed by atoms with Gasteiger partial charge in [0.2, 0.25) is 0 Å². The van der Waals surface area contributed by atoms with Crippen molar-refractivity contribution in [2.75, 3.05) is 19.6 Å². The molecule has 1 N–H and O–H groups in total. The van der Waals surface area contributed by atoms with Crippen molar-refractivity contribution in [1.29, 1.82) is 0 Å². The summed E-state index contributed by atoms with van der Waals surface area (Å²) in [6.07, 6.45) is 1.13. The lowest BCUT2D eigenvalue weighted by molar-refractivity contribution is 0.193. The van der Waals surface area contributed by atoms with E-state index in [4.69, 9.17) is 0 Å². The van der Waals surface area contributed by atoms with Crippen LogP contribution in [0.25, 0.3) is 0 Å². The molecule has 100 valence electrons. The first-order valence-corrected chi connectivity index (χ1v) is 7.80. The Bertz CT molecular complexity index is 481. The van der Waals surface area contributed by atoms with E-state index in [-0.39, 0.29) is 0 Å². The molecule has 1 aliphatic heterocycles. The van der Waals surface area contributed by atoms with E-state index in [0.717, 1.165) is 32.6 Å². The molecule has 0 spiro atoms. The zero-order valence-corrected chi connectivity index (χ0v) is 11.9. The van der Waals surface area contributed by atoms with Gasteiger partial charge in [0.15, 0.2) is 0 Å². The number of hydrogen-bond donors (Lipinski definition) is 1. The van der Waals surface area contributed by atoms with Crippen molar-refractivity contribution in [2.45, 2.75) is 19.0 Å². The molecule has 0 bridgehead atoms. The number of hydrogen-bond acceptors (Lipinski definition) is 3. The van der Waals surface area contributed by atoms with E-state index in [9.17, 15) is 0 Å². The van der Waals surface area contributed by atoms with E-state index >= 15 is 0 Å². The largest absolute Gasteiger partial charge is 0.311 e. The minimum Gasteiger partial charge on any atom is -0.311 e. The van der Waals surface area contributed by atoms with Crippen molar-refractivity contribution in [2.24, 2.45) is 0 Å². The third-order valence-electron chi connectivity index (χ3n) is 3.62. The van der Waals surface area contributed by atoms with E-state index in [0.29, 0.717) is 6.04 Å². The molecule has 1 saturated heterocycles. The quantitative estimate of drug-likeness (QED) is 0.920. The van der Waals surface area contributed by atoms with Crippen LogP contribution in [0.3, 0.4) is 0 Å². The Labute approximate surface area is 119 Å². The van der Waals surface area contributed by atoms with E-state index < -0.39 is 0 Å². The molecule has 0 aliphatic carbocycles. The number of piperazine rings is 1.